The molecule has 3 aliphatic heterocycles. The molecule has 1 N–H and O–H groups in total. The van der Waals surface area contributed by atoms with Crippen LogP contribution in [0.5, 0.6) is 5.75 Å². The number of likely N-dealkylation sites (N-methyl/N-ethyl adjacent to an activating group) is 1. The highest BCUT2D eigenvalue weighted by atomic mass is 16.5. The van der Waals surface area contributed by atoms with Crippen molar-refractivity contribution < 1.29 is 9.47 Å². The maximum atomic E-state index is 9.88. The SMILES string of the molecule is CN1CC(n2cc(-c3cc(C#N)c4c(c3)Nc3nccc(N5CCOCC5)c3CO4)cn2)C1. The summed E-state index contributed by atoms with van der Waals surface area (Å²) in [4.78, 5) is 9.15. The number of pyridine rings is 1. The Hall–Kier alpha value is -3.61. The number of hydrogen-bond donors (Lipinski definition) is 1. The lowest BCUT2D eigenvalue weighted by molar-refractivity contribution is 0.122. The van der Waals surface area contributed by atoms with Gasteiger partial charge in [0.2, 0.25) is 0 Å². The second-order valence-corrected chi connectivity index (χ2v) is 8.77. The Morgan fingerprint density at radius 2 is 2.03 bits per heavy atom. The molecule has 9 heteroatoms. The topological polar surface area (TPSA) is 91.5 Å². The molecule has 0 aliphatic carbocycles. The van der Waals surface area contributed by atoms with E-state index < -0.39 is 0 Å². The van der Waals surface area contributed by atoms with Crippen molar-refractivity contribution >= 4 is 17.2 Å². The van der Waals surface area contributed by atoms with Crippen LogP contribution in [0.3, 0.4) is 0 Å². The molecule has 6 rings (SSSR count). The minimum Gasteiger partial charge on any atom is -0.485 e. The first-order valence-electron chi connectivity index (χ1n) is 11.2. The molecule has 0 saturated carbocycles. The summed E-state index contributed by atoms with van der Waals surface area (Å²) in [6.45, 7) is 5.42. The van der Waals surface area contributed by atoms with Crippen molar-refractivity contribution in [2.45, 2.75) is 12.6 Å². The molecule has 2 aromatic heterocycles. The summed E-state index contributed by atoms with van der Waals surface area (Å²) >= 11 is 0. The maximum absolute atomic E-state index is 9.88. The highest BCUT2D eigenvalue weighted by Crippen LogP contribution is 2.41. The molecule has 2 fully saturated rings. The van der Waals surface area contributed by atoms with Crippen molar-refractivity contribution in [1.82, 2.24) is 19.7 Å². The van der Waals surface area contributed by atoms with Gasteiger partial charge in [0.05, 0.1) is 42.3 Å². The van der Waals surface area contributed by atoms with E-state index in [4.69, 9.17) is 9.47 Å². The third-order valence-corrected chi connectivity index (χ3v) is 6.56. The number of hydrogen-bond acceptors (Lipinski definition) is 8. The van der Waals surface area contributed by atoms with E-state index in [0.717, 1.165) is 60.1 Å². The summed E-state index contributed by atoms with van der Waals surface area (Å²) in [5.74, 6) is 1.31. The maximum Gasteiger partial charge on any atom is 0.161 e. The lowest BCUT2D eigenvalue weighted by Crippen LogP contribution is -2.45. The van der Waals surface area contributed by atoms with Gasteiger partial charge in [0.1, 0.15) is 18.5 Å². The second kappa shape index (κ2) is 8.06. The number of likely N-dealkylation sites (tertiary alicyclic amines) is 1. The van der Waals surface area contributed by atoms with E-state index in [2.05, 4.69) is 44.5 Å². The van der Waals surface area contributed by atoms with Crippen LogP contribution in [-0.4, -0.2) is 66.1 Å². The fourth-order valence-electron chi connectivity index (χ4n) is 4.75. The Bertz CT molecular complexity index is 1240. The third-order valence-electron chi connectivity index (χ3n) is 6.56. The predicted octanol–water partition coefficient (Wildman–Crippen LogP) is 2.78. The van der Waals surface area contributed by atoms with Crippen LogP contribution in [0.2, 0.25) is 0 Å². The largest absolute Gasteiger partial charge is 0.485 e. The molecular formula is C24H25N7O2. The van der Waals surface area contributed by atoms with Crippen molar-refractivity contribution in [3.8, 4) is 22.9 Å². The fraction of sp³-hybridized carbons (Fsp3) is 0.375. The highest BCUT2D eigenvalue weighted by Gasteiger charge is 2.27. The average molecular weight is 444 g/mol. The zero-order chi connectivity index (χ0) is 22.4. The number of nitriles is 1. The number of morpholine rings is 1. The van der Waals surface area contributed by atoms with E-state index in [1.807, 2.05) is 35.3 Å². The lowest BCUT2D eigenvalue weighted by Gasteiger charge is -2.36. The molecule has 0 radical (unpaired) electrons. The Morgan fingerprint density at radius 3 is 2.82 bits per heavy atom. The van der Waals surface area contributed by atoms with Gasteiger partial charge < -0.3 is 24.6 Å². The van der Waals surface area contributed by atoms with Gasteiger partial charge in [-0.25, -0.2) is 4.98 Å². The van der Waals surface area contributed by atoms with Crippen molar-refractivity contribution in [3.63, 3.8) is 0 Å². The highest BCUT2D eigenvalue weighted by molar-refractivity contribution is 5.80. The summed E-state index contributed by atoms with van der Waals surface area (Å²) in [6.07, 6.45) is 5.73. The molecule has 2 saturated heterocycles. The van der Waals surface area contributed by atoms with Crippen LogP contribution in [0, 0.1) is 11.3 Å². The Kier molecular flexibility index (Phi) is 4.89. The molecule has 3 aromatic rings. The molecule has 9 nitrogen and oxygen atoms in total. The summed E-state index contributed by atoms with van der Waals surface area (Å²) in [5.41, 5.74) is 5.22. The average Bonchev–Trinajstić information content (AvgIpc) is 3.23. The minimum absolute atomic E-state index is 0.344. The van der Waals surface area contributed by atoms with Gasteiger partial charge in [-0.05, 0) is 30.8 Å². The summed E-state index contributed by atoms with van der Waals surface area (Å²) < 4.78 is 13.7. The van der Waals surface area contributed by atoms with Gasteiger partial charge in [0.15, 0.2) is 5.75 Å². The molecule has 0 unspecified atom stereocenters. The zero-order valence-electron chi connectivity index (χ0n) is 18.5. The summed E-state index contributed by atoms with van der Waals surface area (Å²) in [6, 6.07) is 8.62. The van der Waals surface area contributed by atoms with Crippen molar-refractivity contribution in [1.29, 1.82) is 5.26 Å². The molecule has 3 aliphatic rings. The molecule has 0 amide bonds. The molecular weight excluding hydrogens is 418 g/mol. The molecule has 0 spiro atoms. The molecule has 1 aromatic carbocycles. The smallest absolute Gasteiger partial charge is 0.161 e. The van der Waals surface area contributed by atoms with Gasteiger partial charge in [-0.2, -0.15) is 10.4 Å². The molecule has 0 bridgehead atoms. The number of ether oxygens (including phenoxy) is 2. The van der Waals surface area contributed by atoms with E-state index in [0.29, 0.717) is 37.2 Å². The number of rotatable bonds is 3. The Labute approximate surface area is 192 Å². The minimum atomic E-state index is 0.344. The third kappa shape index (κ3) is 3.57. The molecule has 5 heterocycles. The number of nitrogens with one attached hydrogen (secondary N) is 1. The molecule has 33 heavy (non-hydrogen) atoms. The number of nitrogens with zero attached hydrogens (tertiary/aromatic N) is 6. The van der Waals surface area contributed by atoms with Crippen LogP contribution in [0.4, 0.5) is 17.2 Å². The van der Waals surface area contributed by atoms with Crippen LogP contribution >= 0.6 is 0 Å². The predicted molar refractivity (Wildman–Crippen MR) is 124 cm³/mol. The normalized spacial score (nSPS) is 18.2. The van der Waals surface area contributed by atoms with E-state index in [-0.39, 0.29) is 0 Å². The van der Waals surface area contributed by atoms with E-state index in [1.54, 1.807) is 0 Å². The first-order chi connectivity index (χ1) is 16.2. The van der Waals surface area contributed by atoms with Gasteiger partial charge in [0, 0.05) is 49.8 Å². The zero-order valence-corrected chi connectivity index (χ0v) is 18.5. The summed E-state index contributed by atoms with van der Waals surface area (Å²) in [5, 5.41) is 17.9. The fourth-order valence-corrected chi connectivity index (χ4v) is 4.75. The van der Waals surface area contributed by atoms with Crippen molar-refractivity contribution in [2.75, 3.05) is 56.7 Å². The Balaban J connectivity index is 1.35. The van der Waals surface area contributed by atoms with Gasteiger partial charge in [-0.15, -0.1) is 0 Å². The van der Waals surface area contributed by atoms with Gasteiger partial charge in [0.25, 0.3) is 0 Å². The van der Waals surface area contributed by atoms with E-state index in [9.17, 15) is 5.26 Å². The van der Waals surface area contributed by atoms with Crippen LogP contribution in [-0.2, 0) is 11.3 Å². The van der Waals surface area contributed by atoms with Crippen LogP contribution in [0.15, 0.2) is 36.8 Å². The van der Waals surface area contributed by atoms with Gasteiger partial charge in [-0.1, -0.05) is 0 Å². The van der Waals surface area contributed by atoms with Crippen molar-refractivity contribution in [3.05, 3.63) is 47.9 Å². The van der Waals surface area contributed by atoms with Gasteiger partial charge in [-0.3, -0.25) is 4.68 Å². The quantitative estimate of drug-likeness (QED) is 0.661. The monoisotopic (exact) mass is 443 g/mol. The Morgan fingerprint density at radius 1 is 1.18 bits per heavy atom. The van der Waals surface area contributed by atoms with Crippen LogP contribution in [0.25, 0.3) is 11.1 Å². The molecule has 0 atom stereocenters. The number of fused-ring (bicyclic) bond motifs is 2. The number of benzene rings is 1. The van der Waals surface area contributed by atoms with Crippen LogP contribution < -0.4 is 15.0 Å². The first-order valence-corrected chi connectivity index (χ1v) is 11.2. The first kappa shape index (κ1) is 20.0. The molecule has 168 valence electrons. The van der Waals surface area contributed by atoms with E-state index in [1.165, 1.54) is 0 Å². The number of anilines is 3. The van der Waals surface area contributed by atoms with Gasteiger partial charge >= 0.3 is 0 Å². The lowest BCUT2D eigenvalue weighted by atomic mass is 10.0. The number of aromatic nitrogens is 3. The summed E-state index contributed by atoms with van der Waals surface area (Å²) in [7, 11) is 2.11. The van der Waals surface area contributed by atoms with Crippen molar-refractivity contribution in [2.24, 2.45) is 0 Å². The van der Waals surface area contributed by atoms with Crippen LogP contribution in [0.1, 0.15) is 17.2 Å². The second-order valence-electron chi connectivity index (χ2n) is 8.77. The standard InChI is InChI=1S/C24H25N7O2/c1-29-13-19(14-29)31-12-18(11-27-31)16-8-17(10-25)23-21(9-16)28-24-20(15-33-23)22(2-3-26-24)30-4-6-32-7-5-30/h2-3,8-9,11-12,19H,4-7,13-15H2,1H3,(H,26,28). The van der Waals surface area contributed by atoms with E-state index >= 15 is 0 Å².